The number of aliphatic hydroxyl groups is 1. The minimum Gasteiger partial charge on any atom is -0.478 e. The second-order valence-corrected chi connectivity index (χ2v) is 5.39. The van der Waals surface area contributed by atoms with Gasteiger partial charge in [-0.2, -0.15) is 0 Å². The van der Waals surface area contributed by atoms with E-state index in [1.54, 1.807) is 13.0 Å². The number of benzene rings is 1. The van der Waals surface area contributed by atoms with Gasteiger partial charge in [0.25, 0.3) is 0 Å². The number of amides is 2. The van der Waals surface area contributed by atoms with Crippen LogP contribution in [0.3, 0.4) is 0 Å². The third kappa shape index (κ3) is 3.95. The van der Waals surface area contributed by atoms with Crippen LogP contribution in [0.2, 0.25) is 0 Å². The maximum atomic E-state index is 11.9. The van der Waals surface area contributed by atoms with Gasteiger partial charge in [-0.15, -0.1) is 0 Å². The summed E-state index contributed by atoms with van der Waals surface area (Å²) < 4.78 is 0. The number of hydrogen-bond donors (Lipinski definition) is 4. The Labute approximate surface area is 123 Å². The molecule has 6 heteroatoms. The summed E-state index contributed by atoms with van der Waals surface area (Å²) in [5.74, 6) is -1.00. The van der Waals surface area contributed by atoms with Gasteiger partial charge in [-0.3, -0.25) is 0 Å². The predicted octanol–water partition coefficient (Wildman–Crippen LogP) is 2.12. The molecule has 21 heavy (non-hydrogen) atoms. The fourth-order valence-electron chi connectivity index (χ4n) is 2.54. The van der Waals surface area contributed by atoms with Crippen LogP contribution in [0.4, 0.5) is 10.5 Å². The van der Waals surface area contributed by atoms with Crippen LogP contribution in [0.5, 0.6) is 0 Å². The van der Waals surface area contributed by atoms with Crippen molar-refractivity contribution in [1.82, 2.24) is 5.32 Å². The van der Waals surface area contributed by atoms with E-state index in [9.17, 15) is 14.7 Å². The number of aryl methyl sites for hydroxylation is 1. The van der Waals surface area contributed by atoms with Gasteiger partial charge < -0.3 is 20.8 Å². The number of hydrogen-bond acceptors (Lipinski definition) is 3. The third-order valence-electron chi connectivity index (χ3n) is 3.77. The quantitative estimate of drug-likeness (QED) is 0.685. The number of anilines is 1. The first-order chi connectivity index (χ1) is 9.97. The molecule has 0 heterocycles. The van der Waals surface area contributed by atoms with Crippen LogP contribution in [-0.4, -0.2) is 34.4 Å². The smallest absolute Gasteiger partial charge is 0.335 e. The van der Waals surface area contributed by atoms with Gasteiger partial charge >= 0.3 is 12.0 Å². The molecule has 1 fully saturated rings. The predicted molar refractivity (Wildman–Crippen MR) is 78.6 cm³/mol. The van der Waals surface area contributed by atoms with Gasteiger partial charge in [-0.25, -0.2) is 9.59 Å². The van der Waals surface area contributed by atoms with Crippen LogP contribution in [0.1, 0.15) is 41.6 Å². The maximum Gasteiger partial charge on any atom is 0.335 e. The number of carbonyl (C=O) groups excluding carboxylic acids is 1. The van der Waals surface area contributed by atoms with Crippen molar-refractivity contribution < 1.29 is 19.8 Å². The number of carbonyl (C=O) groups is 2. The highest BCUT2D eigenvalue weighted by molar-refractivity contribution is 5.92. The van der Waals surface area contributed by atoms with Crippen LogP contribution in [0.25, 0.3) is 0 Å². The Morgan fingerprint density at radius 2 is 1.95 bits per heavy atom. The molecular formula is C15H20N2O4. The zero-order valence-corrected chi connectivity index (χ0v) is 11.9. The molecule has 2 atom stereocenters. The molecule has 0 aromatic heterocycles. The highest BCUT2D eigenvalue weighted by atomic mass is 16.4. The first-order valence-corrected chi connectivity index (χ1v) is 7.07. The summed E-state index contributed by atoms with van der Waals surface area (Å²) in [5, 5.41) is 24.2. The number of aliphatic hydroxyl groups excluding tert-OH is 1. The maximum absolute atomic E-state index is 11.9. The molecule has 2 amide bonds. The zero-order valence-electron chi connectivity index (χ0n) is 11.9. The largest absolute Gasteiger partial charge is 0.478 e. The van der Waals surface area contributed by atoms with Crippen molar-refractivity contribution in [3.05, 3.63) is 29.3 Å². The van der Waals surface area contributed by atoms with Crippen LogP contribution < -0.4 is 10.6 Å². The molecule has 0 bridgehead atoms. The van der Waals surface area contributed by atoms with Gasteiger partial charge in [0.1, 0.15) is 0 Å². The molecule has 1 saturated carbocycles. The number of nitrogens with one attached hydrogen (secondary N) is 2. The van der Waals surface area contributed by atoms with Gasteiger partial charge in [-0.05, 0) is 43.5 Å². The summed E-state index contributed by atoms with van der Waals surface area (Å²) in [6.45, 7) is 1.73. The van der Waals surface area contributed by atoms with E-state index in [4.69, 9.17) is 5.11 Å². The Kier molecular flexibility index (Phi) is 4.80. The van der Waals surface area contributed by atoms with Gasteiger partial charge in [0.2, 0.25) is 0 Å². The van der Waals surface area contributed by atoms with Crippen molar-refractivity contribution in [3.8, 4) is 0 Å². The fraction of sp³-hybridized carbons (Fsp3) is 0.467. The van der Waals surface area contributed by atoms with Gasteiger partial charge in [0, 0.05) is 5.69 Å². The number of aromatic carboxylic acids is 1. The number of carboxylic acids is 1. The molecule has 2 unspecified atom stereocenters. The Morgan fingerprint density at radius 1 is 1.24 bits per heavy atom. The number of carboxylic acid groups (broad SMARTS) is 1. The fourth-order valence-corrected chi connectivity index (χ4v) is 2.54. The Bertz CT molecular complexity index is 544. The Morgan fingerprint density at radius 3 is 2.57 bits per heavy atom. The van der Waals surface area contributed by atoms with Crippen molar-refractivity contribution in [2.45, 2.75) is 44.8 Å². The van der Waals surface area contributed by atoms with E-state index in [-0.39, 0.29) is 17.6 Å². The Hall–Kier alpha value is -2.08. The van der Waals surface area contributed by atoms with Crippen molar-refractivity contribution >= 4 is 17.7 Å². The molecule has 1 aromatic carbocycles. The summed E-state index contributed by atoms with van der Waals surface area (Å²) in [5.41, 5.74) is 1.42. The standard InChI is InChI=1S/C15H20N2O4/c1-9-8-10(14(19)20)6-7-11(9)16-15(21)17-12-4-2-3-5-13(12)18/h6-8,12-13,18H,2-5H2,1H3,(H,19,20)(H2,16,17,21). The van der Waals surface area contributed by atoms with E-state index in [1.807, 2.05) is 0 Å². The minimum atomic E-state index is -1.00. The molecule has 2 rings (SSSR count). The van der Waals surface area contributed by atoms with Crippen LogP contribution in [0.15, 0.2) is 18.2 Å². The SMILES string of the molecule is Cc1cc(C(=O)O)ccc1NC(=O)NC1CCCCC1O. The topological polar surface area (TPSA) is 98.7 Å². The molecule has 0 aliphatic heterocycles. The molecule has 0 radical (unpaired) electrons. The van der Waals surface area contributed by atoms with Crippen molar-refractivity contribution in [2.75, 3.05) is 5.32 Å². The molecular weight excluding hydrogens is 272 g/mol. The number of rotatable bonds is 3. The molecule has 1 aliphatic rings. The average Bonchev–Trinajstić information content (AvgIpc) is 2.43. The Balaban J connectivity index is 1.97. The second kappa shape index (κ2) is 6.58. The summed E-state index contributed by atoms with van der Waals surface area (Å²) in [6.07, 6.45) is 2.95. The van der Waals surface area contributed by atoms with Crippen molar-refractivity contribution in [3.63, 3.8) is 0 Å². The highest BCUT2D eigenvalue weighted by Gasteiger charge is 2.24. The first-order valence-electron chi connectivity index (χ1n) is 7.07. The lowest BCUT2D eigenvalue weighted by atomic mass is 9.93. The van der Waals surface area contributed by atoms with E-state index < -0.39 is 12.1 Å². The molecule has 1 aromatic rings. The third-order valence-corrected chi connectivity index (χ3v) is 3.77. The van der Waals surface area contributed by atoms with E-state index in [1.165, 1.54) is 12.1 Å². The van der Waals surface area contributed by atoms with E-state index in [0.717, 1.165) is 19.3 Å². The summed E-state index contributed by atoms with van der Waals surface area (Å²) in [7, 11) is 0. The summed E-state index contributed by atoms with van der Waals surface area (Å²) >= 11 is 0. The summed E-state index contributed by atoms with van der Waals surface area (Å²) in [6, 6.07) is 3.91. The molecule has 4 N–H and O–H groups in total. The van der Waals surface area contributed by atoms with E-state index >= 15 is 0 Å². The van der Waals surface area contributed by atoms with Crippen LogP contribution in [-0.2, 0) is 0 Å². The number of urea groups is 1. The average molecular weight is 292 g/mol. The van der Waals surface area contributed by atoms with Crippen molar-refractivity contribution in [1.29, 1.82) is 0 Å². The van der Waals surface area contributed by atoms with Gasteiger partial charge in [0.05, 0.1) is 17.7 Å². The lowest BCUT2D eigenvalue weighted by molar-refractivity contribution is 0.0696. The molecule has 0 saturated heterocycles. The van der Waals surface area contributed by atoms with Gasteiger partial charge in [-0.1, -0.05) is 12.8 Å². The highest BCUT2D eigenvalue weighted by Crippen LogP contribution is 2.19. The monoisotopic (exact) mass is 292 g/mol. The lowest BCUT2D eigenvalue weighted by Crippen LogP contribution is -2.46. The van der Waals surface area contributed by atoms with Crippen LogP contribution >= 0.6 is 0 Å². The second-order valence-electron chi connectivity index (χ2n) is 5.39. The van der Waals surface area contributed by atoms with Crippen LogP contribution in [0, 0.1) is 6.92 Å². The summed E-state index contributed by atoms with van der Waals surface area (Å²) in [4.78, 5) is 22.8. The molecule has 114 valence electrons. The van der Waals surface area contributed by atoms with E-state index in [2.05, 4.69) is 10.6 Å². The zero-order chi connectivity index (χ0) is 15.4. The molecule has 1 aliphatic carbocycles. The lowest BCUT2D eigenvalue weighted by Gasteiger charge is -2.28. The van der Waals surface area contributed by atoms with E-state index in [0.29, 0.717) is 17.7 Å². The van der Waals surface area contributed by atoms with Gasteiger partial charge in [0.15, 0.2) is 0 Å². The normalized spacial score (nSPS) is 21.6. The molecule has 0 spiro atoms. The minimum absolute atomic E-state index is 0.182. The van der Waals surface area contributed by atoms with Crippen molar-refractivity contribution in [2.24, 2.45) is 0 Å². The first kappa shape index (κ1) is 15.3. The molecule has 6 nitrogen and oxygen atoms in total.